The van der Waals surface area contributed by atoms with Crippen LogP contribution in [0.25, 0.3) is 5.70 Å². The van der Waals surface area contributed by atoms with Crippen LogP contribution >= 0.6 is 34.7 Å². The number of hydrogen-bond donors (Lipinski definition) is 1. The number of carbonyl (C=O) groups is 1. The Morgan fingerprint density at radius 1 is 1.14 bits per heavy atom. The zero-order valence-corrected chi connectivity index (χ0v) is 17.2. The van der Waals surface area contributed by atoms with Gasteiger partial charge in [-0.3, -0.25) is 4.79 Å². The van der Waals surface area contributed by atoms with Gasteiger partial charge in [0.2, 0.25) is 0 Å². The summed E-state index contributed by atoms with van der Waals surface area (Å²) in [7, 11) is 0. The van der Waals surface area contributed by atoms with Crippen molar-refractivity contribution in [1.29, 1.82) is 0 Å². The van der Waals surface area contributed by atoms with Crippen molar-refractivity contribution in [3.8, 4) is 0 Å². The van der Waals surface area contributed by atoms with Crippen molar-refractivity contribution < 1.29 is 9.18 Å². The minimum absolute atomic E-state index is 0.113. The van der Waals surface area contributed by atoms with Gasteiger partial charge in [0.1, 0.15) is 11.9 Å². The molecule has 1 atom stereocenters. The molecular weight excluding hydrogens is 429 g/mol. The van der Waals surface area contributed by atoms with Crippen molar-refractivity contribution in [1.82, 2.24) is 10.3 Å². The number of nitrogens with zero attached hydrogens (tertiary/aromatic N) is 2. The van der Waals surface area contributed by atoms with Crippen LogP contribution in [0.2, 0.25) is 4.47 Å². The van der Waals surface area contributed by atoms with Gasteiger partial charge in [-0.15, -0.1) is 11.3 Å². The molecule has 5 rings (SSSR count). The van der Waals surface area contributed by atoms with E-state index in [1.807, 2.05) is 18.2 Å². The molecule has 144 valence electrons. The maximum absolute atomic E-state index is 14.6. The molecule has 0 bridgehead atoms. The highest BCUT2D eigenvalue weighted by Crippen LogP contribution is 2.43. The standard InChI is InChI=1S/C21H13ClFN3OS2/c22-20-24-9-11(29-20)10-28-21-25-17-12-5-1-2-6-13(12)19(27)16(17)18(26-21)14-7-3-4-8-15(14)23/h1-9,18H,10H2,(H,25,26). The summed E-state index contributed by atoms with van der Waals surface area (Å²) in [5.41, 5.74) is 3.02. The summed E-state index contributed by atoms with van der Waals surface area (Å²) < 4.78 is 15.1. The molecular formula is C21H13ClFN3OS2. The molecule has 1 N–H and O–H groups in total. The van der Waals surface area contributed by atoms with E-state index in [1.165, 1.54) is 29.2 Å². The number of ketones is 1. The van der Waals surface area contributed by atoms with E-state index in [-0.39, 0.29) is 11.6 Å². The third-order valence-corrected chi connectivity index (χ3v) is 7.02. The molecule has 1 aliphatic carbocycles. The Hall–Kier alpha value is -2.48. The second-order valence-electron chi connectivity index (χ2n) is 6.51. The minimum Gasteiger partial charge on any atom is -0.334 e. The molecule has 4 nitrogen and oxygen atoms in total. The Morgan fingerprint density at radius 3 is 2.66 bits per heavy atom. The number of aromatic nitrogens is 1. The first-order valence-corrected chi connectivity index (χ1v) is 11.0. The summed E-state index contributed by atoms with van der Waals surface area (Å²) in [4.78, 5) is 22.9. The molecule has 0 spiro atoms. The van der Waals surface area contributed by atoms with Crippen molar-refractivity contribution in [3.63, 3.8) is 0 Å². The van der Waals surface area contributed by atoms with Crippen LogP contribution in [-0.4, -0.2) is 15.9 Å². The Labute approximate surface area is 179 Å². The van der Waals surface area contributed by atoms with Crippen LogP contribution in [0.15, 0.2) is 65.3 Å². The van der Waals surface area contributed by atoms with E-state index in [4.69, 9.17) is 16.6 Å². The molecule has 1 aliphatic heterocycles. The van der Waals surface area contributed by atoms with Gasteiger partial charge in [0, 0.05) is 33.5 Å². The summed E-state index contributed by atoms with van der Waals surface area (Å²) in [5, 5.41) is 3.93. The third-order valence-electron chi connectivity index (χ3n) is 4.78. The molecule has 0 saturated carbocycles. The van der Waals surface area contributed by atoms with Gasteiger partial charge in [-0.25, -0.2) is 14.4 Å². The molecule has 1 unspecified atom stereocenters. The van der Waals surface area contributed by atoms with Crippen LogP contribution < -0.4 is 5.32 Å². The monoisotopic (exact) mass is 441 g/mol. The van der Waals surface area contributed by atoms with Gasteiger partial charge in [0.15, 0.2) is 15.4 Å². The molecule has 0 saturated heterocycles. The van der Waals surface area contributed by atoms with Gasteiger partial charge < -0.3 is 5.32 Å². The zero-order chi connectivity index (χ0) is 20.0. The normalized spacial score (nSPS) is 17.7. The first-order valence-electron chi connectivity index (χ1n) is 8.82. The maximum Gasteiger partial charge on any atom is 0.194 e. The molecule has 8 heteroatoms. The Morgan fingerprint density at radius 2 is 1.90 bits per heavy atom. The number of hydrogen-bond acceptors (Lipinski definition) is 6. The maximum atomic E-state index is 14.6. The first kappa shape index (κ1) is 18.5. The van der Waals surface area contributed by atoms with Crippen LogP contribution in [0.5, 0.6) is 0 Å². The summed E-state index contributed by atoms with van der Waals surface area (Å²) in [6, 6.07) is 13.2. The molecule has 2 aromatic carbocycles. The zero-order valence-electron chi connectivity index (χ0n) is 14.9. The van der Waals surface area contributed by atoms with E-state index in [1.54, 1.807) is 30.5 Å². The van der Waals surface area contributed by atoms with E-state index in [9.17, 15) is 9.18 Å². The number of carbonyl (C=O) groups excluding carboxylic acids is 1. The SMILES string of the molecule is O=C1C2=C(NC(SCc3cnc(Cl)s3)=NC2c2ccccc2F)c2ccccc21. The molecule has 0 fully saturated rings. The average molecular weight is 442 g/mol. The minimum atomic E-state index is -0.695. The molecule has 2 aliphatic rings. The lowest BCUT2D eigenvalue weighted by atomic mass is 9.95. The van der Waals surface area contributed by atoms with E-state index < -0.39 is 6.04 Å². The Kier molecular flexibility index (Phi) is 4.73. The smallest absolute Gasteiger partial charge is 0.194 e. The lowest BCUT2D eigenvalue weighted by molar-refractivity contribution is 0.103. The lowest BCUT2D eigenvalue weighted by Gasteiger charge is -2.24. The summed E-state index contributed by atoms with van der Waals surface area (Å²) >= 11 is 8.80. The Balaban J connectivity index is 1.55. The van der Waals surface area contributed by atoms with Gasteiger partial charge in [-0.2, -0.15) is 0 Å². The molecule has 2 heterocycles. The van der Waals surface area contributed by atoms with E-state index in [0.717, 1.165) is 10.4 Å². The topological polar surface area (TPSA) is 54.4 Å². The van der Waals surface area contributed by atoms with Crippen LogP contribution in [0.4, 0.5) is 4.39 Å². The number of thioether (sulfide) groups is 1. The van der Waals surface area contributed by atoms with E-state index in [2.05, 4.69) is 10.3 Å². The molecule has 0 amide bonds. The van der Waals surface area contributed by atoms with Crippen molar-refractivity contribution in [2.45, 2.75) is 11.8 Å². The Bertz CT molecular complexity index is 1200. The van der Waals surface area contributed by atoms with Crippen molar-refractivity contribution in [3.05, 3.63) is 92.2 Å². The second-order valence-corrected chi connectivity index (χ2v) is 9.18. The van der Waals surface area contributed by atoms with Crippen LogP contribution in [0, 0.1) is 5.82 Å². The third kappa shape index (κ3) is 3.29. The van der Waals surface area contributed by atoms with Gasteiger partial charge in [0.25, 0.3) is 0 Å². The van der Waals surface area contributed by atoms with Crippen molar-refractivity contribution >= 4 is 51.3 Å². The van der Waals surface area contributed by atoms with Gasteiger partial charge in [-0.1, -0.05) is 65.8 Å². The number of thiazole rings is 1. The fourth-order valence-corrected chi connectivity index (χ4v) is 5.40. The van der Waals surface area contributed by atoms with Gasteiger partial charge >= 0.3 is 0 Å². The number of rotatable bonds is 3. The molecule has 3 aromatic rings. The second kappa shape index (κ2) is 7.40. The van der Waals surface area contributed by atoms with Crippen LogP contribution in [0.3, 0.4) is 0 Å². The fraction of sp³-hybridized carbons (Fsp3) is 0.0952. The quantitative estimate of drug-likeness (QED) is 0.585. The van der Waals surface area contributed by atoms with E-state index in [0.29, 0.717) is 37.8 Å². The number of aliphatic imine (C=N–C) groups is 1. The average Bonchev–Trinajstić information content (AvgIpc) is 3.28. The number of benzene rings is 2. The fourth-order valence-electron chi connectivity index (χ4n) is 3.50. The number of fused-ring (bicyclic) bond motifs is 2. The molecule has 29 heavy (non-hydrogen) atoms. The first-order chi connectivity index (χ1) is 14.1. The summed E-state index contributed by atoms with van der Waals surface area (Å²) in [6.07, 6.45) is 1.73. The summed E-state index contributed by atoms with van der Waals surface area (Å²) in [5.74, 6) is 0.133. The highest BCUT2D eigenvalue weighted by atomic mass is 35.5. The molecule has 1 aromatic heterocycles. The lowest BCUT2D eigenvalue weighted by Crippen LogP contribution is -2.27. The van der Waals surface area contributed by atoms with Crippen LogP contribution in [0.1, 0.15) is 32.4 Å². The van der Waals surface area contributed by atoms with Crippen molar-refractivity contribution in [2.75, 3.05) is 0 Å². The predicted octanol–water partition coefficient (Wildman–Crippen LogP) is 5.48. The van der Waals surface area contributed by atoms with Gasteiger partial charge in [0.05, 0.1) is 11.3 Å². The van der Waals surface area contributed by atoms with Gasteiger partial charge in [-0.05, 0) is 6.07 Å². The number of amidine groups is 1. The van der Waals surface area contributed by atoms with Crippen LogP contribution in [-0.2, 0) is 5.75 Å². The number of nitrogens with one attached hydrogen (secondary N) is 1. The highest BCUT2D eigenvalue weighted by molar-refractivity contribution is 8.13. The van der Waals surface area contributed by atoms with Crippen molar-refractivity contribution in [2.24, 2.45) is 4.99 Å². The largest absolute Gasteiger partial charge is 0.334 e. The number of Topliss-reactive ketones (excluding diaryl/α,β-unsaturated/α-hetero) is 1. The van der Waals surface area contributed by atoms with E-state index >= 15 is 0 Å². The predicted molar refractivity (Wildman–Crippen MR) is 116 cm³/mol. The summed E-state index contributed by atoms with van der Waals surface area (Å²) in [6.45, 7) is 0. The highest BCUT2D eigenvalue weighted by Gasteiger charge is 2.39. The molecule has 0 radical (unpaired) electrons. The number of halogens is 2.